The number of carboxylic acids is 1. The highest BCUT2D eigenvalue weighted by atomic mass is 32.2. The summed E-state index contributed by atoms with van der Waals surface area (Å²) in [5.74, 6) is -3.28. The number of sulfonamides is 1. The van der Waals surface area contributed by atoms with E-state index in [0.29, 0.717) is 6.07 Å². The van der Waals surface area contributed by atoms with Crippen LogP contribution in [0.5, 0.6) is 0 Å². The normalized spacial score (nSPS) is 16.9. The number of nitrogens with one attached hydrogen (secondary N) is 1. The molecule has 0 saturated heterocycles. The highest BCUT2D eigenvalue weighted by Gasteiger charge is 2.36. The van der Waals surface area contributed by atoms with Gasteiger partial charge in [-0.15, -0.1) is 0 Å². The fraction of sp³-hybridized carbons (Fsp3) is 0.417. The van der Waals surface area contributed by atoms with E-state index in [0.717, 1.165) is 25.0 Å². The lowest BCUT2D eigenvalue weighted by Gasteiger charge is -2.16. The van der Waals surface area contributed by atoms with Gasteiger partial charge in [0.25, 0.3) is 0 Å². The van der Waals surface area contributed by atoms with Crippen molar-refractivity contribution in [3.63, 3.8) is 0 Å². The van der Waals surface area contributed by atoms with Crippen LogP contribution < -0.4 is 4.72 Å². The van der Waals surface area contributed by atoms with Crippen LogP contribution >= 0.6 is 0 Å². The number of carbonyl (C=O) groups is 1. The Morgan fingerprint density at radius 1 is 1.40 bits per heavy atom. The standard InChI is InChI=1S/C12H13F2NO4S/c13-8-3-4-11(9(14)5-8)20(18,19)15-10(6-12(16)17)7-1-2-7/h3-5,7,10,15H,1-2,6H2,(H,16,17). The zero-order valence-electron chi connectivity index (χ0n) is 10.3. The summed E-state index contributed by atoms with van der Waals surface area (Å²) in [6.45, 7) is 0. The van der Waals surface area contributed by atoms with Gasteiger partial charge in [0.05, 0.1) is 6.42 Å². The predicted molar refractivity (Wildman–Crippen MR) is 65.4 cm³/mol. The van der Waals surface area contributed by atoms with Gasteiger partial charge in [-0.1, -0.05) is 0 Å². The number of benzene rings is 1. The smallest absolute Gasteiger partial charge is 0.304 e. The first kappa shape index (κ1) is 14.9. The molecule has 0 spiro atoms. The molecule has 0 aliphatic heterocycles. The van der Waals surface area contributed by atoms with E-state index >= 15 is 0 Å². The Hall–Kier alpha value is -1.54. The molecule has 1 aliphatic rings. The molecular weight excluding hydrogens is 292 g/mol. The van der Waals surface area contributed by atoms with Gasteiger partial charge >= 0.3 is 5.97 Å². The van der Waals surface area contributed by atoms with Crippen molar-refractivity contribution < 1.29 is 27.1 Å². The number of hydrogen-bond donors (Lipinski definition) is 2. The minimum Gasteiger partial charge on any atom is -0.481 e. The highest BCUT2D eigenvalue weighted by molar-refractivity contribution is 7.89. The van der Waals surface area contributed by atoms with Crippen LogP contribution in [0.1, 0.15) is 19.3 Å². The van der Waals surface area contributed by atoms with Gasteiger partial charge in [0.15, 0.2) is 0 Å². The van der Waals surface area contributed by atoms with E-state index in [2.05, 4.69) is 4.72 Å². The van der Waals surface area contributed by atoms with Crippen LogP contribution in [0.3, 0.4) is 0 Å². The van der Waals surface area contributed by atoms with Crippen LogP contribution in [0, 0.1) is 17.6 Å². The van der Waals surface area contributed by atoms with Crippen LogP contribution in [-0.2, 0) is 14.8 Å². The zero-order chi connectivity index (χ0) is 14.9. The summed E-state index contributed by atoms with van der Waals surface area (Å²) in [5, 5.41) is 8.76. The summed E-state index contributed by atoms with van der Waals surface area (Å²) in [6.07, 6.45) is 1.09. The third-order valence-electron chi connectivity index (χ3n) is 3.08. The van der Waals surface area contributed by atoms with Crippen LogP contribution in [-0.4, -0.2) is 25.5 Å². The Bertz CT molecular complexity index is 628. The minimum absolute atomic E-state index is 0.0515. The first-order valence-electron chi connectivity index (χ1n) is 5.99. The fourth-order valence-electron chi connectivity index (χ4n) is 1.95. The second kappa shape index (κ2) is 5.45. The van der Waals surface area contributed by atoms with E-state index < -0.39 is 38.6 Å². The molecule has 0 amide bonds. The lowest BCUT2D eigenvalue weighted by molar-refractivity contribution is -0.137. The van der Waals surface area contributed by atoms with Crippen molar-refractivity contribution >= 4 is 16.0 Å². The third-order valence-corrected chi connectivity index (χ3v) is 4.60. The van der Waals surface area contributed by atoms with Gasteiger partial charge in [0, 0.05) is 12.1 Å². The van der Waals surface area contributed by atoms with Crippen molar-refractivity contribution in [3.8, 4) is 0 Å². The van der Waals surface area contributed by atoms with Crippen molar-refractivity contribution in [1.29, 1.82) is 0 Å². The molecule has 1 aromatic carbocycles. The molecule has 1 aromatic rings. The lowest BCUT2D eigenvalue weighted by atomic mass is 10.1. The topological polar surface area (TPSA) is 83.5 Å². The Morgan fingerprint density at radius 3 is 2.55 bits per heavy atom. The Balaban J connectivity index is 2.22. The fourth-order valence-corrected chi connectivity index (χ4v) is 3.31. The SMILES string of the molecule is O=C(O)CC(NS(=O)(=O)c1ccc(F)cc1F)C1CC1. The average Bonchev–Trinajstić information content (AvgIpc) is 3.09. The summed E-state index contributed by atoms with van der Waals surface area (Å²) >= 11 is 0. The van der Waals surface area contributed by atoms with Crippen LogP contribution in [0.2, 0.25) is 0 Å². The Kier molecular flexibility index (Phi) is 4.05. The van der Waals surface area contributed by atoms with Gasteiger partial charge in [-0.05, 0) is 30.9 Å². The van der Waals surface area contributed by atoms with E-state index in [4.69, 9.17) is 5.11 Å². The van der Waals surface area contributed by atoms with Gasteiger partial charge < -0.3 is 5.11 Å². The molecule has 0 heterocycles. The van der Waals surface area contributed by atoms with Crippen molar-refractivity contribution in [1.82, 2.24) is 4.72 Å². The van der Waals surface area contributed by atoms with E-state index in [1.54, 1.807) is 0 Å². The number of hydrogen-bond acceptors (Lipinski definition) is 3. The van der Waals surface area contributed by atoms with Crippen LogP contribution in [0.15, 0.2) is 23.1 Å². The monoisotopic (exact) mass is 305 g/mol. The molecular formula is C12H13F2NO4S. The van der Waals surface area contributed by atoms with Gasteiger partial charge in [-0.3, -0.25) is 4.79 Å². The molecule has 0 aromatic heterocycles. The van der Waals surface area contributed by atoms with Crippen LogP contribution in [0.25, 0.3) is 0 Å². The lowest BCUT2D eigenvalue weighted by Crippen LogP contribution is -2.38. The molecule has 1 saturated carbocycles. The molecule has 110 valence electrons. The van der Waals surface area contributed by atoms with Gasteiger partial charge in [-0.2, -0.15) is 0 Å². The number of carboxylic acid groups (broad SMARTS) is 1. The van der Waals surface area contributed by atoms with E-state index in [1.165, 1.54) is 0 Å². The third kappa shape index (κ3) is 3.51. The number of rotatable bonds is 6. The molecule has 0 bridgehead atoms. The first-order valence-corrected chi connectivity index (χ1v) is 7.47. The summed E-state index contributed by atoms with van der Waals surface area (Å²) in [4.78, 5) is 10.0. The molecule has 0 radical (unpaired) electrons. The maximum atomic E-state index is 13.5. The Labute approximate surface area is 114 Å². The summed E-state index contributed by atoms with van der Waals surface area (Å²) < 4.78 is 52.5. The average molecular weight is 305 g/mol. The summed E-state index contributed by atoms with van der Waals surface area (Å²) in [6, 6.07) is 1.35. The van der Waals surface area contributed by atoms with Crippen molar-refractivity contribution in [2.24, 2.45) is 5.92 Å². The maximum Gasteiger partial charge on any atom is 0.304 e. The van der Waals surface area contributed by atoms with Crippen molar-refractivity contribution in [2.75, 3.05) is 0 Å². The van der Waals surface area contributed by atoms with Gasteiger partial charge in [-0.25, -0.2) is 21.9 Å². The second-order valence-electron chi connectivity index (χ2n) is 4.74. The molecule has 2 N–H and O–H groups in total. The number of halogens is 2. The summed E-state index contributed by atoms with van der Waals surface area (Å²) in [7, 11) is -4.21. The van der Waals surface area contributed by atoms with Gasteiger partial charge in [0.2, 0.25) is 10.0 Å². The largest absolute Gasteiger partial charge is 0.481 e. The highest BCUT2D eigenvalue weighted by Crippen LogP contribution is 2.34. The second-order valence-corrected chi connectivity index (χ2v) is 6.42. The van der Waals surface area contributed by atoms with Crippen molar-refractivity contribution in [2.45, 2.75) is 30.2 Å². The molecule has 8 heteroatoms. The summed E-state index contributed by atoms with van der Waals surface area (Å²) in [5.41, 5.74) is 0. The molecule has 5 nitrogen and oxygen atoms in total. The zero-order valence-corrected chi connectivity index (χ0v) is 11.2. The van der Waals surface area contributed by atoms with Crippen LogP contribution in [0.4, 0.5) is 8.78 Å². The van der Waals surface area contributed by atoms with E-state index in [1.807, 2.05) is 0 Å². The maximum absolute atomic E-state index is 13.5. The Morgan fingerprint density at radius 2 is 2.05 bits per heavy atom. The molecule has 2 rings (SSSR count). The minimum atomic E-state index is -4.21. The number of aliphatic carboxylic acids is 1. The molecule has 20 heavy (non-hydrogen) atoms. The molecule has 1 fully saturated rings. The quantitative estimate of drug-likeness (QED) is 0.834. The first-order chi connectivity index (χ1) is 9.29. The molecule has 1 atom stereocenters. The van der Waals surface area contributed by atoms with Gasteiger partial charge in [0.1, 0.15) is 16.5 Å². The van der Waals surface area contributed by atoms with Crippen molar-refractivity contribution in [3.05, 3.63) is 29.8 Å². The molecule has 1 aliphatic carbocycles. The van der Waals surface area contributed by atoms with E-state index in [9.17, 15) is 22.0 Å². The molecule has 1 unspecified atom stereocenters. The van der Waals surface area contributed by atoms with E-state index in [-0.39, 0.29) is 12.3 Å². The predicted octanol–water partition coefficient (Wildman–Crippen LogP) is 1.50.